The molecular formula is C12H18O. The Balaban J connectivity index is 2.25. The molecule has 0 saturated heterocycles. The molecule has 0 amide bonds. The minimum Gasteiger partial charge on any atom is -0.299 e. The van der Waals surface area contributed by atoms with E-state index in [1.807, 2.05) is 0 Å². The zero-order chi connectivity index (χ0) is 9.42. The minimum atomic E-state index is 0.459. The molecule has 0 aromatic rings. The van der Waals surface area contributed by atoms with Crippen molar-refractivity contribution >= 4 is 5.78 Å². The summed E-state index contributed by atoms with van der Waals surface area (Å²) in [6.07, 6.45) is 5.10. The normalized spacial score (nSPS) is 34.8. The quantitative estimate of drug-likeness (QED) is 0.521. The Kier molecular flexibility index (Phi) is 2.27. The van der Waals surface area contributed by atoms with Crippen LogP contribution >= 0.6 is 0 Å². The highest BCUT2D eigenvalue weighted by atomic mass is 16.1. The summed E-state index contributed by atoms with van der Waals surface area (Å²) >= 11 is 0. The highest BCUT2D eigenvalue weighted by Crippen LogP contribution is 2.40. The smallest absolute Gasteiger partial charge is 0.137 e. The maximum absolute atomic E-state index is 11.3. The van der Waals surface area contributed by atoms with Gasteiger partial charge in [0.1, 0.15) is 5.78 Å². The molecule has 13 heavy (non-hydrogen) atoms. The van der Waals surface area contributed by atoms with E-state index in [1.165, 1.54) is 18.4 Å². The van der Waals surface area contributed by atoms with Crippen molar-refractivity contribution in [2.75, 3.05) is 0 Å². The third kappa shape index (κ3) is 1.56. The van der Waals surface area contributed by atoms with Gasteiger partial charge >= 0.3 is 0 Å². The van der Waals surface area contributed by atoms with Crippen molar-refractivity contribution < 1.29 is 4.79 Å². The van der Waals surface area contributed by atoms with E-state index in [-0.39, 0.29) is 0 Å². The molecule has 0 aliphatic heterocycles. The molecule has 0 fully saturated rings. The number of hydrogen-bond donors (Lipinski definition) is 0. The molecule has 2 atom stereocenters. The molecule has 0 aromatic heterocycles. The Labute approximate surface area is 80.2 Å². The summed E-state index contributed by atoms with van der Waals surface area (Å²) in [4.78, 5) is 11.3. The number of Topliss-reactive ketones (excluding diaryl/α,β-unsaturated/α-hetero) is 1. The zero-order valence-corrected chi connectivity index (χ0v) is 8.60. The molecule has 0 N–H and O–H groups in total. The number of allylic oxidation sites excluding steroid dienone is 2. The van der Waals surface area contributed by atoms with Gasteiger partial charge in [-0.15, -0.1) is 0 Å². The van der Waals surface area contributed by atoms with E-state index < -0.39 is 0 Å². The lowest BCUT2D eigenvalue weighted by Crippen LogP contribution is -2.23. The molecule has 2 unspecified atom stereocenters. The molecular weight excluding hydrogens is 160 g/mol. The lowest BCUT2D eigenvalue weighted by molar-refractivity contribution is -0.118. The first-order valence-electron chi connectivity index (χ1n) is 5.41. The second-order valence-electron chi connectivity index (χ2n) is 4.65. The molecule has 0 radical (unpaired) electrons. The van der Waals surface area contributed by atoms with E-state index in [9.17, 15) is 4.79 Å². The van der Waals surface area contributed by atoms with Gasteiger partial charge in [0.25, 0.3) is 0 Å². The van der Waals surface area contributed by atoms with Crippen LogP contribution in [-0.2, 0) is 4.79 Å². The van der Waals surface area contributed by atoms with Gasteiger partial charge in [-0.05, 0) is 31.1 Å². The van der Waals surface area contributed by atoms with Crippen molar-refractivity contribution in [2.24, 2.45) is 11.8 Å². The Morgan fingerprint density at radius 1 is 1.15 bits per heavy atom. The molecule has 2 aliphatic rings. The van der Waals surface area contributed by atoms with Crippen LogP contribution in [0.4, 0.5) is 0 Å². The number of ketones is 1. The number of hydrogen-bond acceptors (Lipinski definition) is 1. The number of rotatable bonds is 0. The summed E-state index contributed by atoms with van der Waals surface area (Å²) in [6, 6.07) is 0. The van der Waals surface area contributed by atoms with Gasteiger partial charge in [0.15, 0.2) is 0 Å². The second-order valence-corrected chi connectivity index (χ2v) is 4.65. The van der Waals surface area contributed by atoms with Gasteiger partial charge in [-0.2, -0.15) is 0 Å². The Hall–Kier alpha value is -0.590. The molecule has 2 rings (SSSR count). The molecule has 0 bridgehead atoms. The van der Waals surface area contributed by atoms with Gasteiger partial charge < -0.3 is 0 Å². The van der Waals surface area contributed by atoms with Crippen molar-refractivity contribution in [1.29, 1.82) is 0 Å². The van der Waals surface area contributed by atoms with Crippen molar-refractivity contribution in [3.63, 3.8) is 0 Å². The van der Waals surface area contributed by atoms with E-state index in [0.717, 1.165) is 31.1 Å². The van der Waals surface area contributed by atoms with Crippen LogP contribution in [0.2, 0.25) is 0 Å². The number of carbonyl (C=O) groups is 1. The SMILES string of the molecule is CC1CCC2=C(CCC(=O)C2)C1C. The molecule has 1 nitrogen and oxygen atoms in total. The average Bonchev–Trinajstić information content (AvgIpc) is 2.12. The fraction of sp³-hybridized carbons (Fsp3) is 0.750. The van der Waals surface area contributed by atoms with Crippen LogP contribution in [0.15, 0.2) is 11.1 Å². The van der Waals surface area contributed by atoms with Crippen molar-refractivity contribution in [1.82, 2.24) is 0 Å². The van der Waals surface area contributed by atoms with Gasteiger partial charge in [0, 0.05) is 12.8 Å². The fourth-order valence-corrected chi connectivity index (χ4v) is 2.68. The summed E-state index contributed by atoms with van der Waals surface area (Å²) in [7, 11) is 0. The van der Waals surface area contributed by atoms with Crippen molar-refractivity contribution in [3.05, 3.63) is 11.1 Å². The van der Waals surface area contributed by atoms with Gasteiger partial charge in [0.2, 0.25) is 0 Å². The minimum absolute atomic E-state index is 0.459. The highest BCUT2D eigenvalue weighted by molar-refractivity contribution is 5.82. The summed E-state index contributed by atoms with van der Waals surface area (Å²) < 4.78 is 0. The predicted octanol–water partition coefficient (Wildman–Crippen LogP) is 3.10. The summed E-state index contributed by atoms with van der Waals surface area (Å²) in [5, 5.41) is 0. The van der Waals surface area contributed by atoms with Crippen LogP contribution in [0, 0.1) is 11.8 Å². The van der Waals surface area contributed by atoms with E-state index in [2.05, 4.69) is 13.8 Å². The van der Waals surface area contributed by atoms with Crippen molar-refractivity contribution in [3.8, 4) is 0 Å². The van der Waals surface area contributed by atoms with Gasteiger partial charge in [-0.3, -0.25) is 4.79 Å². The first-order valence-corrected chi connectivity index (χ1v) is 5.41. The van der Waals surface area contributed by atoms with E-state index in [4.69, 9.17) is 0 Å². The third-order valence-electron chi connectivity index (χ3n) is 3.84. The average molecular weight is 178 g/mol. The first kappa shape index (κ1) is 8.98. The summed E-state index contributed by atoms with van der Waals surface area (Å²) in [5.41, 5.74) is 3.11. The lowest BCUT2D eigenvalue weighted by atomic mass is 9.71. The van der Waals surface area contributed by atoms with Crippen LogP contribution < -0.4 is 0 Å². The molecule has 0 saturated carbocycles. The monoisotopic (exact) mass is 178 g/mol. The summed E-state index contributed by atoms with van der Waals surface area (Å²) in [6.45, 7) is 4.67. The van der Waals surface area contributed by atoms with Gasteiger partial charge in [0.05, 0.1) is 0 Å². The van der Waals surface area contributed by atoms with Crippen LogP contribution in [0.5, 0.6) is 0 Å². The fourth-order valence-electron chi connectivity index (χ4n) is 2.68. The maximum Gasteiger partial charge on any atom is 0.137 e. The number of carbonyl (C=O) groups excluding carboxylic acids is 1. The van der Waals surface area contributed by atoms with E-state index >= 15 is 0 Å². The Morgan fingerprint density at radius 2 is 1.92 bits per heavy atom. The zero-order valence-electron chi connectivity index (χ0n) is 8.60. The lowest BCUT2D eigenvalue weighted by Gasteiger charge is -2.33. The summed E-state index contributed by atoms with van der Waals surface area (Å²) in [5.74, 6) is 2.02. The topological polar surface area (TPSA) is 17.1 Å². The molecule has 72 valence electrons. The van der Waals surface area contributed by atoms with Crippen LogP contribution in [0.3, 0.4) is 0 Å². The molecule has 1 heteroatoms. The molecule has 0 spiro atoms. The molecule has 0 aromatic carbocycles. The second kappa shape index (κ2) is 3.28. The highest BCUT2D eigenvalue weighted by Gasteiger charge is 2.28. The van der Waals surface area contributed by atoms with E-state index in [0.29, 0.717) is 5.78 Å². The van der Waals surface area contributed by atoms with Crippen LogP contribution in [-0.4, -0.2) is 5.78 Å². The molecule has 2 aliphatic carbocycles. The van der Waals surface area contributed by atoms with Crippen molar-refractivity contribution in [2.45, 2.75) is 46.0 Å². The first-order chi connectivity index (χ1) is 6.18. The van der Waals surface area contributed by atoms with Gasteiger partial charge in [-0.25, -0.2) is 0 Å². The van der Waals surface area contributed by atoms with E-state index in [1.54, 1.807) is 5.57 Å². The third-order valence-corrected chi connectivity index (χ3v) is 3.84. The maximum atomic E-state index is 11.3. The van der Waals surface area contributed by atoms with Crippen LogP contribution in [0.25, 0.3) is 0 Å². The molecule has 0 heterocycles. The van der Waals surface area contributed by atoms with Crippen LogP contribution in [0.1, 0.15) is 46.0 Å². The standard InChI is InChI=1S/C12H18O/c1-8-3-4-10-7-11(13)5-6-12(10)9(8)2/h8-9H,3-7H2,1-2H3. The van der Waals surface area contributed by atoms with Gasteiger partial charge in [-0.1, -0.05) is 25.0 Å². The Morgan fingerprint density at radius 3 is 2.69 bits per heavy atom. The Bertz CT molecular complexity index is 262. The largest absolute Gasteiger partial charge is 0.299 e. The predicted molar refractivity (Wildman–Crippen MR) is 53.4 cm³/mol.